The molecule has 4 nitrogen and oxygen atoms in total. The molecular weight excluding hydrogens is 274 g/mol. The van der Waals surface area contributed by atoms with Gasteiger partial charge in [0.15, 0.2) is 5.15 Å². The maximum atomic E-state index is 12.6. The van der Waals surface area contributed by atoms with Crippen LogP contribution < -0.4 is 10.6 Å². The average molecular weight is 296 g/mol. The Kier molecular flexibility index (Phi) is 4.66. The lowest BCUT2D eigenvalue weighted by Gasteiger charge is -2.36. The highest BCUT2D eigenvalue weighted by Crippen LogP contribution is 2.34. The van der Waals surface area contributed by atoms with Crippen LogP contribution in [-0.4, -0.2) is 24.0 Å². The predicted molar refractivity (Wildman–Crippen MR) is 82.0 cm³/mol. The molecule has 0 bridgehead atoms. The Morgan fingerprint density at radius 2 is 2.30 bits per heavy atom. The maximum Gasteiger partial charge on any atom is 0.230 e. The van der Waals surface area contributed by atoms with Gasteiger partial charge in [-0.2, -0.15) is 0 Å². The number of piperidine rings is 1. The normalized spacial score (nSPS) is 19.7. The van der Waals surface area contributed by atoms with Crippen molar-refractivity contribution in [2.45, 2.75) is 33.6 Å². The first-order chi connectivity index (χ1) is 9.43. The number of rotatable bonds is 3. The maximum absolute atomic E-state index is 12.6. The fourth-order valence-corrected chi connectivity index (χ4v) is 2.86. The summed E-state index contributed by atoms with van der Waals surface area (Å²) in [6, 6.07) is 1.84. The van der Waals surface area contributed by atoms with Gasteiger partial charge in [0.1, 0.15) is 0 Å². The van der Waals surface area contributed by atoms with Gasteiger partial charge in [0, 0.05) is 11.6 Å². The number of anilines is 1. The monoisotopic (exact) mass is 295 g/mol. The number of pyridine rings is 1. The zero-order valence-electron chi connectivity index (χ0n) is 12.3. The summed E-state index contributed by atoms with van der Waals surface area (Å²) < 4.78 is 0. The van der Waals surface area contributed by atoms with Crippen molar-refractivity contribution in [3.05, 3.63) is 23.0 Å². The predicted octanol–water partition coefficient (Wildman–Crippen LogP) is 3.01. The second-order valence-electron chi connectivity index (χ2n) is 6.01. The summed E-state index contributed by atoms with van der Waals surface area (Å²) >= 11 is 6.07. The molecule has 1 atom stereocenters. The molecule has 20 heavy (non-hydrogen) atoms. The summed E-state index contributed by atoms with van der Waals surface area (Å²) in [5.41, 5.74) is 1.12. The minimum absolute atomic E-state index is 0.00389. The van der Waals surface area contributed by atoms with E-state index in [0.29, 0.717) is 16.8 Å². The average Bonchev–Trinajstić information content (AvgIpc) is 2.43. The molecule has 2 heterocycles. The number of amides is 1. The first kappa shape index (κ1) is 15.3. The number of aryl methyl sites for hydroxylation is 1. The third-order valence-corrected chi connectivity index (χ3v) is 4.54. The SMILES string of the molecule is Cc1ccnc(Cl)c1NC(=O)C(C)(C)C1CCCNC1. The van der Waals surface area contributed by atoms with Gasteiger partial charge in [-0.25, -0.2) is 4.98 Å². The zero-order valence-corrected chi connectivity index (χ0v) is 13.0. The van der Waals surface area contributed by atoms with Crippen LogP contribution in [0.15, 0.2) is 12.3 Å². The van der Waals surface area contributed by atoms with E-state index in [9.17, 15) is 4.79 Å². The zero-order chi connectivity index (χ0) is 14.8. The Morgan fingerprint density at radius 1 is 1.55 bits per heavy atom. The lowest BCUT2D eigenvalue weighted by atomic mass is 9.74. The highest BCUT2D eigenvalue weighted by molar-refractivity contribution is 6.32. The third-order valence-electron chi connectivity index (χ3n) is 4.25. The highest BCUT2D eigenvalue weighted by atomic mass is 35.5. The highest BCUT2D eigenvalue weighted by Gasteiger charge is 2.37. The number of aromatic nitrogens is 1. The molecule has 1 aromatic rings. The van der Waals surface area contributed by atoms with Gasteiger partial charge in [0.2, 0.25) is 5.91 Å². The van der Waals surface area contributed by atoms with E-state index >= 15 is 0 Å². The first-order valence-corrected chi connectivity index (χ1v) is 7.44. The van der Waals surface area contributed by atoms with Crippen molar-refractivity contribution in [1.29, 1.82) is 0 Å². The fourth-order valence-electron chi connectivity index (χ4n) is 2.60. The Morgan fingerprint density at radius 3 is 2.90 bits per heavy atom. The molecule has 1 aliphatic rings. The van der Waals surface area contributed by atoms with Gasteiger partial charge in [0.05, 0.1) is 5.69 Å². The van der Waals surface area contributed by atoms with Crippen molar-refractivity contribution in [1.82, 2.24) is 10.3 Å². The van der Waals surface area contributed by atoms with Crippen LogP contribution in [0, 0.1) is 18.3 Å². The molecule has 0 spiro atoms. The Labute approximate surface area is 125 Å². The van der Waals surface area contributed by atoms with E-state index in [1.807, 2.05) is 26.8 Å². The second kappa shape index (κ2) is 6.10. The molecule has 0 aliphatic carbocycles. The minimum Gasteiger partial charge on any atom is -0.323 e. The van der Waals surface area contributed by atoms with Crippen molar-refractivity contribution < 1.29 is 4.79 Å². The van der Waals surface area contributed by atoms with E-state index in [1.165, 1.54) is 0 Å². The summed E-state index contributed by atoms with van der Waals surface area (Å²) in [4.78, 5) is 16.6. The quantitative estimate of drug-likeness (QED) is 0.843. The van der Waals surface area contributed by atoms with Crippen molar-refractivity contribution >= 4 is 23.2 Å². The van der Waals surface area contributed by atoms with Gasteiger partial charge in [-0.05, 0) is 50.4 Å². The molecular formula is C15H22ClN3O. The smallest absolute Gasteiger partial charge is 0.230 e. The largest absolute Gasteiger partial charge is 0.323 e. The molecule has 5 heteroatoms. The molecule has 0 radical (unpaired) electrons. The number of nitrogens with one attached hydrogen (secondary N) is 2. The summed E-state index contributed by atoms with van der Waals surface area (Å²) in [6.07, 6.45) is 3.84. The number of halogens is 1. The Balaban J connectivity index is 2.14. The van der Waals surface area contributed by atoms with Crippen molar-refractivity contribution in [2.24, 2.45) is 11.3 Å². The number of hydrogen-bond donors (Lipinski definition) is 2. The standard InChI is InChI=1S/C15H22ClN3O/c1-10-6-8-18-13(16)12(10)19-14(20)15(2,3)11-5-4-7-17-9-11/h6,8,11,17H,4-5,7,9H2,1-3H3,(H,19,20). The van der Waals surface area contributed by atoms with Crippen LogP contribution in [0.4, 0.5) is 5.69 Å². The summed E-state index contributed by atoms with van der Waals surface area (Å²) in [7, 11) is 0. The van der Waals surface area contributed by atoms with Crippen LogP contribution in [0.25, 0.3) is 0 Å². The number of carbonyl (C=O) groups excluding carboxylic acids is 1. The molecule has 1 amide bonds. The topological polar surface area (TPSA) is 54.0 Å². The Bertz CT molecular complexity index is 476. The van der Waals surface area contributed by atoms with Crippen LogP contribution in [0.5, 0.6) is 0 Å². The van der Waals surface area contributed by atoms with Gasteiger partial charge >= 0.3 is 0 Å². The molecule has 1 aromatic heterocycles. The molecule has 110 valence electrons. The molecule has 1 unspecified atom stereocenters. The van der Waals surface area contributed by atoms with Gasteiger partial charge in [0.25, 0.3) is 0 Å². The molecule has 0 aromatic carbocycles. The third kappa shape index (κ3) is 3.13. The molecule has 0 saturated carbocycles. The van der Waals surface area contributed by atoms with E-state index in [4.69, 9.17) is 11.6 Å². The van der Waals surface area contributed by atoms with E-state index < -0.39 is 5.41 Å². The Hall–Kier alpha value is -1.13. The van der Waals surface area contributed by atoms with Crippen molar-refractivity contribution in [3.63, 3.8) is 0 Å². The lowest BCUT2D eigenvalue weighted by molar-refractivity contribution is -0.127. The van der Waals surface area contributed by atoms with Gasteiger partial charge in [-0.3, -0.25) is 4.79 Å². The summed E-state index contributed by atoms with van der Waals surface area (Å²) in [5.74, 6) is 0.344. The van der Waals surface area contributed by atoms with E-state index in [2.05, 4.69) is 15.6 Å². The van der Waals surface area contributed by atoms with E-state index in [-0.39, 0.29) is 5.91 Å². The molecule has 2 rings (SSSR count). The number of nitrogens with zero attached hydrogens (tertiary/aromatic N) is 1. The minimum atomic E-state index is -0.432. The number of carbonyl (C=O) groups is 1. The molecule has 2 N–H and O–H groups in total. The van der Waals surface area contributed by atoms with Gasteiger partial charge in [-0.1, -0.05) is 25.4 Å². The van der Waals surface area contributed by atoms with Crippen LogP contribution in [0.3, 0.4) is 0 Å². The van der Waals surface area contributed by atoms with Crippen molar-refractivity contribution in [3.8, 4) is 0 Å². The second-order valence-corrected chi connectivity index (χ2v) is 6.37. The summed E-state index contributed by atoms with van der Waals surface area (Å²) in [5, 5.41) is 6.66. The van der Waals surface area contributed by atoms with Crippen LogP contribution in [0.1, 0.15) is 32.3 Å². The van der Waals surface area contributed by atoms with E-state index in [1.54, 1.807) is 6.20 Å². The number of hydrogen-bond acceptors (Lipinski definition) is 3. The molecule has 1 saturated heterocycles. The van der Waals surface area contributed by atoms with Crippen LogP contribution in [-0.2, 0) is 4.79 Å². The summed E-state index contributed by atoms with van der Waals surface area (Å²) in [6.45, 7) is 7.85. The first-order valence-electron chi connectivity index (χ1n) is 7.06. The van der Waals surface area contributed by atoms with Crippen molar-refractivity contribution in [2.75, 3.05) is 18.4 Å². The van der Waals surface area contributed by atoms with E-state index in [0.717, 1.165) is 31.5 Å². The van der Waals surface area contributed by atoms with Gasteiger partial charge < -0.3 is 10.6 Å². The molecule has 1 aliphatic heterocycles. The van der Waals surface area contributed by atoms with Gasteiger partial charge in [-0.15, -0.1) is 0 Å². The van der Waals surface area contributed by atoms with Crippen LogP contribution >= 0.6 is 11.6 Å². The lowest BCUT2D eigenvalue weighted by Crippen LogP contribution is -2.44. The molecule has 1 fully saturated rings. The fraction of sp³-hybridized carbons (Fsp3) is 0.600. The van der Waals surface area contributed by atoms with Crippen LogP contribution in [0.2, 0.25) is 5.15 Å².